The molecule has 0 bridgehead atoms. The van der Waals surface area contributed by atoms with Crippen molar-refractivity contribution in [2.45, 2.75) is 110 Å². The molecule has 12 heteroatoms. The fraction of sp³-hybridized carbons (Fsp3) is 0.513. The molecule has 276 valence electrons. The van der Waals surface area contributed by atoms with Crippen LogP contribution in [-0.2, 0) is 25.7 Å². The van der Waals surface area contributed by atoms with Gasteiger partial charge in [0.2, 0.25) is 17.7 Å². The Kier molecular flexibility index (Phi) is 14.2. The summed E-state index contributed by atoms with van der Waals surface area (Å²) in [4.78, 5) is 58.3. The van der Waals surface area contributed by atoms with Gasteiger partial charge in [-0.3, -0.25) is 19.2 Å². The van der Waals surface area contributed by atoms with E-state index in [1.165, 1.54) is 4.90 Å². The van der Waals surface area contributed by atoms with E-state index in [0.717, 1.165) is 47.4 Å². The molecule has 1 unspecified atom stereocenters. The van der Waals surface area contributed by atoms with Crippen LogP contribution in [0.4, 0.5) is 0 Å². The maximum Gasteiger partial charge on any atom is 0.310 e. The number of likely N-dealkylation sites (tertiary alicyclic amines) is 1. The minimum atomic E-state index is -0.877. The number of carbonyl (C=O) groups excluding carboxylic acids is 3. The number of ether oxygens (including phenoxy) is 1. The maximum absolute atomic E-state index is 13.9. The lowest BCUT2D eigenvalue weighted by Gasteiger charge is -2.35. The molecule has 0 aliphatic carbocycles. The van der Waals surface area contributed by atoms with Crippen LogP contribution in [0.2, 0.25) is 0 Å². The van der Waals surface area contributed by atoms with Crippen LogP contribution in [-0.4, -0.2) is 75.1 Å². The average Bonchev–Trinajstić information content (AvgIpc) is 3.71. The fourth-order valence-electron chi connectivity index (χ4n) is 6.14. The summed E-state index contributed by atoms with van der Waals surface area (Å²) in [5.74, 6) is -1.76. The molecule has 1 saturated heterocycles. The Hall–Kier alpha value is -4.29. The third kappa shape index (κ3) is 11.4. The van der Waals surface area contributed by atoms with E-state index in [0.29, 0.717) is 24.3 Å². The second kappa shape index (κ2) is 18.3. The van der Waals surface area contributed by atoms with Gasteiger partial charge in [0.05, 0.1) is 34.7 Å². The molecule has 4 N–H and O–H groups in total. The van der Waals surface area contributed by atoms with Crippen molar-refractivity contribution in [3.05, 3.63) is 70.9 Å². The van der Waals surface area contributed by atoms with Crippen LogP contribution in [0.15, 0.2) is 54.0 Å². The van der Waals surface area contributed by atoms with Crippen molar-refractivity contribution >= 4 is 35.0 Å². The first kappa shape index (κ1) is 39.5. The number of aryl methyl sites for hydroxylation is 1. The summed E-state index contributed by atoms with van der Waals surface area (Å²) in [5.41, 5.74) is 4.84. The lowest BCUT2D eigenvalue weighted by atomic mass is 9.85. The minimum absolute atomic E-state index is 0.0267. The lowest BCUT2D eigenvalue weighted by Crippen LogP contribution is -2.57. The summed E-state index contributed by atoms with van der Waals surface area (Å²) >= 11 is 1.58. The average molecular weight is 721 g/mol. The quantitative estimate of drug-likeness (QED) is 0.127. The SMILES string of the molecule is Cc1ncsc1-c1ccc(CNC(=O)[C@@H]2C[C@@H](O)CN2C(=O)[C@@H](NC(=O)CCCCCCCOc2cccc(C(C)C(=O)O)c2)C(C)(C)C)cc1. The normalized spacial score (nSPS) is 17.1. The van der Waals surface area contributed by atoms with Gasteiger partial charge in [0, 0.05) is 25.9 Å². The van der Waals surface area contributed by atoms with Crippen LogP contribution >= 0.6 is 11.3 Å². The van der Waals surface area contributed by atoms with E-state index >= 15 is 0 Å². The molecule has 0 saturated carbocycles. The number of rotatable bonds is 17. The number of aromatic nitrogens is 1. The van der Waals surface area contributed by atoms with Crippen LogP contribution in [0, 0.1) is 12.3 Å². The Bertz CT molecular complexity index is 1630. The van der Waals surface area contributed by atoms with Crippen LogP contribution in [0.1, 0.15) is 95.4 Å². The number of aliphatic carboxylic acids is 1. The fourth-order valence-corrected chi connectivity index (χ4v) is 6.95. The number of nitrogens with one attached hydrogen (secondary N) is 2. The molecular weight excluding hydrogens is 669 g/mol. The molecule has 2 heterocycles. The van der Waals surface area contributed by atoms with Crippen LogP contribution in [0.5, 0.6) is 5.75 Å². The molecule has 1 aliphatic heterocycles. The largest absolute Gasteiger partial charge is 0.494 e. The van der Waals surface area contributed by atoms with Crippen molar-refractivity contribution in [1.29, 1.82) is 0 Å². The number of carbonyl (C=O) groups is 4. The zero-order valence-electron chi connectivity index (χ0n) is 30.3. The number of carboxylic acid groups (broad SMARTS) is 1. The molecule has 4 rings (SSSR count). The third-order valence-electron chi connectivity index (χ3n) is 9.26. The first-order chi connectivity index (χ1) is 24.2. The summed E-state index contributed by atoms with van der Waals surface area (Å²) in [6.07, 6.45) is 3.78. The second-order valence-electron chi connectivity index (χ2n) is 14.4. The molecule has 0 spiro atoms. The Morgan fingerprint density at radius 3 is 2.41 bits per heavy atom. The number of thiazole rings is 1. The van der Waals surface area contributed by atoms with Gasteiger partial charge in [-0.15, -0.1) is 11.3 Å². The molecule has 4 atom stereocenters. The molecule has 1 fully saturated rings. The van der Waals surface area contributed by atoms with Crippen LogP contribution in [0.3, 0.4) is 0 Å². The van der Waals surface area contributed by atoms with Crippen LogP contribution in [0.25, 0.3) is 10.4 Å². The summed E-state index contributed by atoms with van der Waals surface area (Å²) in [6.45, 7) is 10.1. The number of carboxylic acids is 1. The number of unbranched alkanes of at least 4 members (excludes halogenated alkanes) is 4. The summed E-state index contributed by atoms with van der Waals surface area (Å²) in [7, 11) is 0. The Labute approximate surface area is 304 Å². The van der Waals surface area contributed by atoms with E-state index in [1.807, 2.05) is 63.5 Å². The van der Waals surface area contributed by atoms with Gasteiger partial charge in [0.25, 0.3) is 0 Å². The van der Waals surface area contributed by atoms with E-state index in [4.69, 9.17) is 4.74 Å². The zero-order valence-corrected chi connectivity index (χ0v) is 31.1. The van der Waals surface area contributed by atoms with Gasteiger partial charge in [-0.25, -0.2) is 4.98 Å². The van der Waals surface area contributed by atoms with Gasteiger partial charge < -0.3 is 30.5 Å². The molecule has 3 amide bonds. The van der Waals surface area contributed by atoms with Crippen molar-refractivity contribution in [3.63, 3.8) is 0 Å². The standard InChI is InChI=1S/C39H52N4O7S/c1-25(38(48)49)29-12-11-13-31(20-29)50-19-10-8-6-7-9-14-33(45)42-35(39(3,4)5)37(47)43-23-30(44)21-32(43)36(46)40-22-27-15-17-28(18-16-27)34-26(2)41-24-51-34/h11-13,15-18,20,24-25,30,32,35,44H,6-10,14,19,21-23H2,1-5H3,(H,40,46)(H,42,45)(H,48,49)/t25?,30-,32+,35-/m1/s1. The monoisotopic (exact) mass is 720 g/mol. The Morgan fingerprint density at radius 1 is 1.04 bits per heavy atom. The molecule has 11 nitrogen and oxygen atoms in total. The van der Waals surface area contributed by atoms with E-state index in [-0.39, 0.29) is 43.7 Å². The van der Waals surface area contributed by atoms with Gasteiger partial charge in [0.1, 0.15) is 17.8 Å². The summed E-state index contributed by atoms with van der Waals surface area (Å²) in [5, 5.41) is 25.6. The predicted octanol–water partition coefficient (Wildman–Crippen LogP) is 5.84. The number of amides is 3. The van der Waals surface area contributed by atoms with Crippen molar-refractivity contribution in [1.82, 2.24) is 20.5 Å². The van der Waals surface area contributed by atoms with Crippen molar-refractivity contribution in [3.8, 4) is 16.2 Å². The number of β-amino-alcohol motifs (C(OH)–C–C–N with tert-alkyl or cyclic N) is 1. The predicted molar refractivity (Wildman–Crippen MR) is 197 cm³/mol. The smallest absolute Gasteiger partial charge is 0.310 e. The summed E-state index contributed by atoms with van der Waals surface area (Å²) in [6, 6.07) is 13.4. The van der Waals surface area contributed by atoms with Crippen molar-refractivity contribution < 1.29 is 34.1 Å². The van der Waals surface area contributed by atoms with E-state index in [2.05, 4.69) is 15.6 Å². The highest BCUT2D eigenvalue weighted by molar-refractivity contribution is 7.13. The molecule has 2 aromatic carbocycles. The molecular formula is C39H52N4O7S. The topological polar surface area (TPSA) is 158 Å². The van der Waals surface area contributed by atoms with Crippen LogP contribution < -0.4 is 15.4 Å². The van der Waals surface area contributed by atoms with Crippen molar-refractivity contribution in [2.75, 3.05) is 13.2 Å². The third-order valence-corrected chi connectivity index (χ3v) is 10.2. The highest BCUT2D eigenvalue weighted by Gasteiger charge is 2.44. The van der Waals surface area contributed by atoms with Gasteiger partial charge in [-0.1, -0.05) is 76.4 Å². The van der Waals surface area contributed by atoms with Gasteiger partial charge >= 0.3 is 5.97 Å². The number of hydrogen-bond donors (Lipinski definition) is 4. The summed E-state index contributed by atoms with van der Waals surface area (Å²) < 4.78 is 5.81. The Balaban J connectivity index is 1.20. The minimum Gasteiger partial charge on any atom is -0.494 e. The molecule has 0 radical (unpaired) electrons. The number of benzene rings is 2. The number of aliphatic hydroxyl groups is 1. The van der Waals surface area contributed by atoms with Gasteiger partial charge in [-0.2, -0.15) is 0 Å². The van der Waals surface area contributed by atoms with E-state index in [9.17, 15) is 29.4 Å². The highest BCUT2D eigenvalue weighted by atomic mass is 32.1. The molecule has 51 heavy (non-hydrogen) atoms. The van der Waals surface area contributed by atoms with E-state index in [1.54, 1.807) is 36.5 Å². The molecule has 3 aromatic rings. The number of hydrogen-bond acceptors (Lipinski definition) is 8. The number of nitrogens with zero attached hydrogens (tertiary/aromatic N) is 2. The highest BCUT2D eigenvalue weighted by Crippen LogP contribution is 2.29. The molecule has 1 aromatic heterocycles. The van der Waals surface area contributed by atoms with Gasteiger partial charge in [0.15, 0.2) is 0 Å². The number of aliphatic hydroxyl groups excluding tert-OH is 1. The molecule has 1 aliphatic rings. The maximum atomic E-state index is 13.9. The van der Waals surface area contributed by atoms with E-state index < -0.39 is 35.5 Å². The first-order valence-electron chi connectivity index (χ1n) is 17.7. The Morgan fingerprint density at radius 2 is 1.75 bits per heavy atom. The second-order valence-corrected chi connectivity index (χ2v) is 15.3. The lowest BCUT2D eigenvalue weighted by molar-refractivity contribution is -0.144. The van der Waals surface area contributed by atoms with Gasteiger partial charge in [-0.05, 0) is 60.9 Å². The van der Waals surface area contributed by atoms with Crippen molar-refractivity contribution in [2.24, 2.45) is 5.41 Å². The zero-order chi connectivity index (χ0) is 37.1. The first-order valence-corrected chi connectivity index (χ1v) is 18.6.